The van der Waals surface area contributed by atoms with E-state index in [9.17, 15) is 4.79 Å². The fourth-order valence-electron chi connectivity index (χ4n) is 2.37. The van der Waals surface area contributed by atoms with Gasteiger partial charge in [0.1, 0.15) is 0 Å². The molecule has 0 saturated heterocycles. The van der Waals surface area contributed by atoms with Crippen LogP contribution in [-0.2, 0) is 16.1 Å². The van der Waals surface area contributed by atoms with Crippen LogP contribution in [0.1, 0.15) is 52.5 Å². The van der Waals surface area contributed by atoms with Gasteiger partial charge < -0.3 is 20.7 Å². The number of anilines is 1. The summed E-state index contributed by atoms with van der Waals surface area (Å²) in [4.78, 5) is 16.3. The number of nitrogens with one attached hydrogen (secondary N) is 3. The summed E-state index contributed by atoms with van der Waals surface area (Å²) in [5.74, 6) is 1.48. The smallest absolute Gasteiger partial charge is 0.224 e. The maximum absolute atomic E-state index is 11.7. The average molecular weight is 504 g/mol. The minimum atomic E-state index is 0. The topological polar surface area (TPSA) is 74.8 Å². The minimum Gasteiger partial charge on any atom is -0.380 e. The van der Waals surface area contributed by atoms with Crippen LogP contribution in [0.4, 0.5) is 5.69 Å². The molecule has 0 aromatic heterocycles. The van der Waals surface area contributed by atoms with Gasteiger partial charge in [0.05, 0.1) is 13.2 Å². The van der Waals surface area contributed by atoms with Gasteiger partial charge in [-0.25, -0.2) is 4.99 Å². The van der Waals surface area contributed by atoms with Gasteiger partial charge >= 0.3 is 0 Å². The van der Waals surface area contributed by atoms with Crippen LogP contribution < -0.4 is 16.0 Å². The van der Waals surface area contributed by atoms with Crippen molar-refractivity contribution in [2.24, 2.45) is 10.9 Å². The quantitative estimate of drug-likeness (QED) is 0.173. The highest BCUT2D eigenvalue weighted by atomic mass is 127. The second-order valence-electron chi connectivity index (χ2n) is 6.92. The van der Waals surface area contributed by atoms with Crippen molar-refractivity contribution in [3.63, 3.8) is 0 Å². The van der Waals surface area contributed by atoms with Crippen molar-refractivity contribution < 1.29 is 9.53 Å². The Morgan fingerprint density at radius 2 is 1.96 bits per heavy atom. The largest absolute Gasteiger partial charge is 0.380 e. The Labute approximate surface area is 187 Å². The summed E-state index contributed by atoms with van der Waals surface area (Å²) in [6.07, 6.45) is 2.46. The summed E-state index contributed by atoms with van der Waals surface area (Å²) in [6.45, 7) is 11.9. The first-order valence-electron chi connectivity index (χ1n) is 10.0. The van der Waals surface area contributed by atoms with Crippen molar-refractivity contribution in [1.82, 2.24) is 10.6 Å². The van der Waals surface area contributed by atoms with Crippen LogP contribution in [-0.4, -0.2) is 38.2 Å². The fourth-order valence-corrected chi connectivity index (χ4v) is 2.37. The number of halogens is 1. The molecule has 7 heteroatoms. The number of rotatable bonds is 12. The van der Waals surface area contributed by atoms with Crippen LogP contribution in [0.25, 0.3) is 0 Å². The molecule has 0 atom stereocenters. The van der Waals surface area contributed by atoms with E-state index in [2.05, 4.69) is 34.8 Å². The summed E-state index contributed by atoms with van der Waals surface area (Å²) in [6, 6.07) is 7.82. The molecular formula is C21H37IN4O2. The number of nitrogens with zero attached hydrogens (tertiary/aromatic N) is 1. The van der Waals surface area contributed by atoms with Gasteiger partial charge in [-0.2, -0.15) is 0 Å². The molecule has 1 amide bonds. The molecule has 0 aliphatic rings. The lowest BCUT2D eigenvalue weighted by atomic mass is 10.1. The molecule has 0 spiro atoms. The van der Waals surface area contributed by atoms with E-state index in [1.54, 1.807) is 0 Å². The Morgan fingerprint density at radius 1 is 1.18 bits per heavy atom. The van der Waals surface area contributed by atoms with E-state index in [0.29, 0.717) is 25.5 Å². The van der Waals surface area contributed by atoms with Gasteiger partial charge in [-0.1, -0.05) is 32.9 Å². The Hall–Kier alpha value is -1.35. The van der Waals surface area contributed by atoms with Crippen LogP contribution in [0.5, 0.6) is 0 Å². The number of benzene rings is 1. The van der Waals surface area contributed by atoms with Crippen molar-refractivity contribution in [2.45, 2.75) is 53.5 Å². The maximum atomic E-state index is 11.7. The molecule has 3 N–H and O–H groups in total. The maximum Gasteiger partial charge on any atom is 0.224 e. The number of hydrogen-bond acceptors (Lipinski definition) is 3. The molecule has 0 unspecified atom stereocenters. The molecule has 160 valence electrons. The molecule has 0 bridgehead atoms. The molecule has 0 radical (unpaired) electrons. The highest BCUT2D eigenvalue weighted by Gasteiger charge is 2.02. The van der Waals surface area contributed by atoms with Crippen molar-refractivity contribution >= 4 is 41.5 Å². The number of ether oxygens (including phenoxy) is 1. The predicted molar refractivity (Wildman–Crippen MR) is 128 cm³/mol. The number of carbonyl (C=O) groups excluding carboxylic acids is 1. The third kappa shape index (κ3) is 12.9. The van der Waals surface area contributed by atoms with E-state index in [1.807, 2.05) is 38.1 Å². The molecule has 0 fully saturated rings. The van der Waals surface area contributed by atoms with Crippen molar-refractivity contribution in [3.8, 4) is 0 Å². The minimum absolute atomic E-state index is 0. The number of guanidine groups is 1. The van der Waals surface area contributed by atoms with Crippen molar-refractivity contribution in [2.75, 3.05) is 31.6 Å². The zero-order chi connectivity index (χ0) is 19.9. The summed E-state index contributed by atoms with van der Waals surface area (Å²) in [5.41, 5.74) is 1.87. The highest BCUT2D eigenvalue weighted by molar-refractivity contribution is 14.0. The molecule has 1 aromatic carbocycles. The third-order valence-electron chi connectivity index (χ3n) is 3.83. The van der Waals surface area contributed by atoms with Crippen LogP contribution in [0.3, 0.4) is 0 Å². The summed E-state index contributed by atoms with van der Waals surface area (Å²) >= 11 is 0. The molecular weight excluding hydrogens is 467 g/mol. The van der Waals surface area contributed by atoms with E-state index in [1.165, 1.54) is 0 Å². The SMILES string of the molecule is CCCC(=O)Nc1cccc(CN=C(NCC)NCCOCCC(C)C)c1.I. The van der Waals surface area contributed by atoms with E-state index in [4.69, 9.17) is 4.74 Å². The van der Waals surface area contributed by atoms with E-state index < -0.39 is 0 Å². The molecule has 1 rings (SSSR count). The normalized spacial score (nSPS) is 11.1. The van der Waals surface area contributed by atoms with Gasteiger partial charge in [-0.05, 0) is 43.4 Å². The van der Waals surface area contributed by atoms with E-state index in [-0.39, 0.29) is 29.9 Å². The number of amides is 1. The first-order chi connectivity index (χ1) is 13.0. The molecule has 0 aliphatic heterocycles. The van der Waals surface area contributed by atoms with E-state index >= 15 is 0 Å². The number of hydrogen-bond donors (Lipinski definition) is 3. The molecule has 28 heavy (non-hydrogen) atoms. The first-order valence-corrected chi connectivity index (χ1v) is 10.0. The molecule has 0 saturated carbocycles. The Bertz CT molecular complexity index is 579. The average Bonchev–Trinajstić information content (AvgIpc) is 2.62. The molecule has 1 aromatic rings. The summed E-state index contributed by atoms with van der Waals surface area (Å²) in [5, 5.41) is 9.45. The van der Waals surface area contributed by atoms with Crippen LogP contribution in [0.15, 0.2) is 29.3 Å². The fraction of sp³-hybridized carbons (Fsp3) is 0.619. The van der Waals surface area contributed by atoms with Crippen LogP contribution >= 0.6 is 24.0 Å². The third-order valence-corrected chi connectivity index (χ3v) is 3.83. The van der Waals surface area contributed by atoms with Crippen LogP contribution in [0, 0.1) is 5.92 Å². The number of carbonyl (C=O) groups is 1. The molecule has 6 nitrogen and oxygen atoms in total. The lowest BCUT2D eigenvalue weighted by molar-refractivity contribution is -0.116. The van der Waals surface area contributed by atoms with Gasteiger partial charge in [-0.15, -0.1) is 24.0 Å². The summed E-state index contributed by atoms with van der Waals surface area (Å²) < 4.78 is 5.62. The lowest BCUT2D eigenvalue weighted by Crippen LogP contribution is -2.39. The van der Waals surface area contributed by atoms with Gasteiger partial charge in [0.2, 0.25) is 5.91 Å². The molecule has 0 heterocycles. The van der Waals surface area contributed by atoms with Gasteiger partial charge in [0.25, 0.3) is 0 Å². The van der Waals surface area contributed by atoms with E-state index in [0.717, 1.165) is 49.7 Å². The zero-order valence-corrected chi connectivity index (χ0v) is 20.0. The monoisotopic (exact) mass is 504 g/mol. The standard InChI is InChI=1S/C21H36N4O2.HI/c1-5-8-20(26)25-19-10-7-9-18(15-19)16-24-21(22-6-2)23-12-14-27-13-11-17(3)4;/h7,9-10,15,17H,5-6,8,11-14,16H2,1-4H3,(H,25,26)(H2,22,23,24);1H. The van der Waals surface area contributed by atoms with Crippen molar-refractivity contribution in [1.29, 1.82) is 0 Å². The highest BCUT2D eigenvalue weighted by Crippen LogP contribution is 2.12. The van der Waals surface area contributed by atoms with Crippen LogP contribution in [0.2, 0.25) is 0 Å². The first kappa shape index (κ1) is 26.6. The Morgan fingerprint density at radius 3 is 2.64 bits per heavy atom. The second-order valence-corrected chi connectivity index (χ2v) is 6.92. The van der Waals surface area contributed by atoms with Gasteiger partial charge in [0, 0.05) is 31.8 Å². The molecule has 0 aliphatic carbocycles. The number of aliphatic imine (C=N–C) groups is 1. The lowest BCUT2D eigenvalue weighted by Gasteiger charge is -2.12. The van der Waals surface area contributed by atoms with Crippen molar-refractivity contribution in [3.05, 3.63) is 29.8 Å². The zero-order valence-electron chi connectivity index (χ0n) is 17.7. The van der Waals surface area contributed by atoms with Gasteiger partial charge in [0.15, 0.2) is 5.96 Å². The summed E-state index contributed by atoms with van der Waals surface area (Å²) in [7, 11) is 0. The second kappa shape index (κ2) is 16.6. The predicted octanol–water partition coefficient (Wildman–Crippen LogP) is 4.16. The Kier molecular flexibility index (Phi) is 15.8. The Balaban J connectivity index is 0.00000729. The van der Waals surface area contributed by atoms with Gasteiger partial charge in [-0.3, -0.25) is 4.79 Å².